The van der Waals surface area contributed by atoms with Crippen LogP contribution < -0.4 is 0 Å². The summed E-state index contributed by atoms with van der Waals surface area (Å²) in [5, 5.41) is 0. The van der Waals surface area contributed by atoms with Crippen molar-refractivity contribution < 1.29 is 0 Å². The Hall–Kier alpha value is -0.520. The molecule has 0 aromatic heterocycles. The van der Waals surface area contributed by atoms with Gasteiger partial charge in [-0.1, -0.05) is 102 Å². The van der Waals surface area contributed by atoms with E-state index in [0.29, 0.717) is 0 Å². The molecule has 0 aromatic carbocycles. The maximum absolute atomic E-state index is 2.65. The highest BCUT2D eigenvalue weighted by atomic mass is 14.1. The van der Waals surface area contributed by atoms with Gasteiger partial charge in [0.15, 0.2) is 0 Å². The van der Waals surface area contributed by atoms with Crippen molar-refractivity contribution in [2.75, 3.05) is 0 Å². The van der Waals surface area contributed by atoms with Crippen LogP contribution in [0.3, 0.4) is 0 Å². The average Bonchev–Trinajstić information content (AvgIpc) is 2.70. The fourth-order valence-corrected chi connectivity index (χ4v) is 4.73. The highest BCUT2D eigenvalue weighted by molar-refractivity contribution is 5.31. The largest absolute Gasteiger partial charge is 0.0811 e. The Bertz CT molecular complexity index is 349. The first kappa shape index (κ1) is 21.8. The van der Waals surface area contributed by atoms with E-state index in [1.165, 1.54) is 141 Å². The molecule has 2 rings (SSSR count). The van der Waals surface area contributed by atoms with E-state index >= 15 is 0 Å². The molecule has 0 fully saturated rings. The summed E-state index contributed by atoms with van der Waals surface area (Å²) in [5.74, 6) is 0. The van der Waals surface area contributed by atoms with Gasteiger partial charge >= 0.3 is 0 Å². The lowest BCUT2D eigenvalue weighted by Crippen LogP contribution is -1.94. The second-order valence-electron chi connectivity index (χ2n) is 8.90. The predicted octanol–water partition coefficient (Wildman–Crippen LogP) is 9.45. The van der Waals surface area contributed by atoms with E-state index in [4.69, 9.17) is 0 Å². The van der Waals surface area contributed by atoms with Crippen molar-refractivity contribution in [3.63, 3.8) is 0 Å². The Morgan fingerprint density at radius 2 is 0.577 bits per heavy atom. The van der Waals surface area contributed by atoms with Gasteiger partial charge in [0.1, 0.15) is 0 Å². The van der Waals surface area contributed by atoms with Crippen molar-refractivity contribution in [2.24, 2.45) is 0 Å². The SMILES string of the molecule is C1=C(\C2=C\CCCCCCCCCCC2)CCCCCCCCCCC/1. The molecule has 0 heterocycles. The summed E-state index contributed by atoms with van der Waals surface area (Å²) in [6, 6.07) is 0. The fourth-order valence-electron chi connectivity index (χ4n) is 4.73. The smallest absolute Gasteiger partial charge is 0.0279 e. The van der Waals surface area contributed by atoms with Crippen LogP contribution in [0.25, 0.3) is 0 Å². The highest BCUT2D eigenvalue weighted by Gasteiger charge is 2.07. The van der Waals surface area contributed by atoms with E-state index < -0.39 is 0 Å². The molecule has 0 saturated carbocycles. The van der Waals surface area contributed by atoms with Crippen LogP contribution in [0.5, 0.6) is 0 Å². The summed E-state index contributed by atoms with van der Waals surface area (Å²) in [6.45, 7) is 0. The molecule has 0 N–H and O–H groups in total. The Kier molecular flexibility index (Phi) is 13.0. The normalized spacial score (nSPS) is 28.3. The van der Waals surface area contributed by atoms with Crippen LogP contribution in [-0.4, -0.2) is 0 Å². The van der Waals surface area contributed by atoms with Crippen molar-refractivity contribution >= 4 is 0 Å². The number of rotatable bonds is 1. The van der Waals surface area contributed by atoms with Gasteiger partial charge in [-0.05, 0) is 62.5 Å². The van der Waals surface area contributed by atoms with E-state index in [1.54, 1.807) is 11.1 Å². The molecule has 0 amide bonds. The Balaban J connectivity index is 1.95. The van der Waals surface area contributed by atoms with E-state index in [9.17, 15) is 0 Å². The lowest BCUT2D eigenvalue weighted by atomic mass is 9.92. The first-order valence-corrected chi connectivity index (χ1v) is 12.4. The number of hydrogen-bond acceptors (Lipinski definition) is 0. The van der Waals surface area contributed by atoms with Gasteiger partial charge in [-0.25, -0.2) is 0 Å². The fraction of sp³-hybridized carbons (Fsp3) is 0.846. The maximum Gasteiger partial charge on any atom is -0.0279 e. The zero-order valence-electron chi connectivity index (χ0n) is 17.7. The average molecular weight is 359 g/mol. The summed E-state index contributed by atoms with van der Waals surface area (Å²) in [5.41, 5.74) is 3.50. The molecule has 0 aromatic rings. The number of allylic oxidation sites excluding steroid dienone is 4. The zero-order valence-corrected chi connectivity index (χ0v) is 17.7. The Morgan fingerprint density at radius 3 is 0.923 bits per heavy atom. The van der Waals surface area contributed by atoms with Crippen LogP contribution in [0.4, 0.5) is 0 Å². The third-order valence-corrected chi connectivity index (χ3v) is 6.49. The van der Waals surface area contributed by atoms with E-state index in [-0.39, 0.29) is 0 Å². The van der Waals surface area contributed by atoms with E-state index in [1.807, 2.05) is 0 Å². The highest BCUT2D eigenvalue weighted by Crippen LogP contribution is 2.27. The van der Waals surface area contributed by atoms with Crippen molar-refractivity contribution in [1.29, 1.82) is 0 Å². The van der Waals surface area contributed by atoms with Gasteiger partial charge in [0, 0.05) is 0 Å². The first-order valence-electron chi connectivity index (χ1n) is 12.4. The topological polar surface area (TPSA) is 0 Å². The maximum atomic E-state index is 2.65. The molecule has 0 unspecified atom stereocenters. The minimum absolute atomic E-state index is 1.33. The van der Waals surface area contributed by atoms with Gasteiger partial charge in [0.05, 0.1) is 0 Å². The molecule has 26 heavy (non-hydrogen) atoms. The van der Waals surface area contributed by atoms with Gasteiger partial charge < -0.3 is 0 Å². The molecule has 0 radical (unpaired) electrons. The standard InChI is InChI=1S/C26H46/c1-2-6-10-14-18-22-25(21-17-13-9-5-1)26-23-19-15-11-7-3-4-8-12-16-20-24-26/h21,23H,1-20,22,24H2/b25-21-,26-23+. The second-order valence-corrected chi connectivity index (χ2v) is 8.90. The van der Waals surface area contributed by atoms with Crippen molar-refractivity contribution in [3.8, 4) is 0 Å². The van der Waals surface area contributed by atoms with Crippen LogP contribution >= 0.6 is 0 Å². The minimum atomic E-state index is 1.33. The molecule has 150 valence electrons. The summed E-state index contributed by atoms with van der Waals surface area (Å²) in [6.07, 6.45) is 36.8. The van der Waals surface area contributed by atoms with E-state index in [2.05, 4.69) is 12.2 Å². The molecule has 0 atom stereocenters. The summed E-state index contributed by atoms with van der Waals surface area (Å²) >= 11 is 0. The number of hydrogen-bond donors (Lipinski definition) is 0. The van der Waals surface area contributed by atoms with Gasteiger partial charge in [0.25, 0.3) is 0 Å². The molecule has 0 saturated heterocycles. The quantitative estimate of drug-likeness (QED) is 0.438. The molecule has 0 nitrogen and oxygen atoms in total. The third kappa shape index (κ3) is 10.6. The molecule has 0 aliphatic heterocycles. The minimum Gasteiger partial charge on any atom is -0.0811 e. The molecular weight excluding hydrogens is 312 g/mol. The van der Waals surface area contributed by atoms with Crippen LogP contribution in [-0.2, 0) is 0 Å². The Morgan fingerprint density at radius 1 is 0.308 bits per heavy atom. The molecular formula is C26H46. The van der Waals surface area contributed by atoms with Crippen molar-refractivity contribution in [1.82, 2.24) is 0 Å². The first-order chi connectivity index (χ1) is 13.0. The lowest BCUT2D eigenvalue weighted by molar-refractivity contribution is 0.562. The van der Waals surface area contributed by atoms with Crippen LogP contribution in [0.15, 0.2) is 23.3 Å². The van der Waals surface area contributed by atoms with Gasteiger partial charge in [0.2, 0.25) is 0 Å². The van der Waals surface area contributed by atoms with Crippen molar-refractivity contribution in [2.45, 2.75) is 141 Å². The molecule has 0 bridgehead atoms. The molecule has 2 aliphatic carbocycles. The lowest BCUT2D eigenvalue weighted by Gasteiger charge is -2.14. The van der Waals surface area contributed by atoms with Gasteiger partial charge in [-0.3, -0.25) is 0 Å². The Labute approximate surface area is 164 Å². The molecule has 2 aliphatic rings. The van der Waals surface area contributed by atoms with Crippen LogP contribution in [0.2, 0.25) is 0 Å². The van der Waals surface area contributed by atoms with Crippen LogP contribution in [0, 0.1) is 0 Å². The summed E-state index contributed by atoms with van der Waals surface area (Å²) < 4.78 is 0. The third-order valence-electron chi connectivity index (χ3n) is 6.49. The predicted molar refractivity (Wildman–Crippen MR) is 118 cm³/mol. The summed E-state index contributed by atoms with van der Waals surface area (Å²) in [7, 11) is 0. The second kappa shape index (κ2) is 15.5. The van der Waals surface area contributed by atoms with E-state index in [0.717, 1.165) is 0 Å². The van der Waals surface area contributed by atoms with Crippen molar-refractivity contribution in [3.05, 3.63) is 23.3 Å². The zero-order chi connectivity index (χ0) is 18.1. The molecule has 0 heteroatoms. The monoisotopic (exact) mass is 358 g/mol. The van der Waals surface area contributed by atoms with Gasteiger partial charge in [-0.15, -0.1) is 0 Å². The van der Waals surface area contributed by atoms with Crippen LogP contribution in [0.1, 0.15) is 141 Å². The molecule has 0 spiro atoms. The van der Waals surface area contributed by atoms with Gasteiger partial charge in [-0.2, -0.15) is 0 Å². The summed E-state index contributed by atoms with van der Waals surface area (Å²) in [4.78, 5) is 0.